The van der Waals surface area contributed by atoms with E-state index >= 15 is 0 Å². The van der Waals surface area contributed by atoms with E-state index < -0.39 is 0 Å². The molecule has 0 spiro atoms. The van der Waals surface area contributed by atoms with E-state index in [1.807, 2.05) is 18.2 Å². The van der Waals surface area contributed by atoms with Gasteiger partial charge in [-0.05, 0) is 30.5 Å². The molecule has 3 N–H and O–H groups in total. The summed E-state index contributed by atoms with van der Waals surface area (Å²) in [6.45, 7) is 3.65. The SMILES string of the molecule is CC1CCN(c2ccc(C(N)=S)c(Cl)c2)CC1O. The topological polar surface area (TPSA) is 49.5 Å². The molecule has 1 saturated heterocycles. The van der Waals surface area contributed by atoms with Crippen LogP contribution >= 0.6 is 23.8 Å². The van der Waals surface area contributed by atoms with Gasteiger partial charge in [0.25, 0.3) is 0 Å². The molecule has 0 amide bonds. The molecule has 2 rings (SSSR count). The molecule has 0 bridgehead atoms. The first-order valence-electron chi connectivity index (χ1n) is 6.01. The van der Waals surface area contributed by atoms with Gasteiger partial charge in [0.15, 0.2) is 0 Å². The van der Waals surface area contributed by atoms with Crippen molar-refractivity contribution in [1.82, 2.24) is 0 Å². The number of hydrogen-bond acceptors (Lipinski definition) is 3. The Hall–Kier alpha value is -0.840. The number of halogens is 1. The molecule has 1 heterocycles. The van der Waals surface area contributed by atoms with Gasteiger partial charge in [-0.15, -0.1) is 0 Å². The summed E-state index contributed by atoms with van der Waals surface area (Å²) in [5.41, 5.74) is 7.28. The first-order chi connectivity index (χ1) is 8.49. The van der Waals surface area contributed by atoms with Crippen molar-refractivity contribution in [3.8, 4) is 0 Å². The Morgan fingerprint density at radius 3 is 2.83 bits per heavy atom. The molecule has 18 heavy (non-hydrogen) atoms. The number of thiocarbonyl (C=S) groups is 1. The van der Waals surface area contributed by atoms with Crippen LogP contribution in [0.3, 0.4) is 0 Å². The summed E-state index contributed by atoms with van der Waals surface area (Å²) >= 11 is 11.1. The van der Waals surface area contributed by atoms with Crippen molar-refractivity contribution < 1.29 is 5.11 Å². The minimum Gasteiger partial charge on any atom is -0.391 e. The fourth-order valence-electron chi connectivity index (χ4n) is 2.18. The van der Waals surface area contributed by atoms with E-state index in [-0.39, 0.29) is 6.10 Å². The van der Waals surface area contributed by atoms with Crippen LogP contribution in [0.25, 0.3) is 0 Å². The number of aliphatic hydroxyl groups is 1. The molecular formula is C13H17ClN2OS. The molecule has 1 aliphatic heterocycles. The normalized spacial score (nSPS) is 24.1. The standard InChI is InChI=1S/C13H17ClN2OS/c1-8-4-5-16(7-12(8)17)9-2-3-10(13(15)18)11(14)6-9/h2-3,6,8,12,17H,4-5,7H2,1H3,(H2,15,18). The second-order valence-corrected chi connectivity index (χ2v) is 5.65. The van der Waals surface area contributed by atoms with Gasteiger partial charge < -0.3 is 15.7 Å². The fourth-order valence-corrected chi connectivity index (χ4v) is 2.69. The molecule has 5 heteroatoms. The van der Waals surface area contributed by atoms with Crippen molar-refractivity contribution in [1.29, 1.82) is 0 Å². The molecule has 2 atom stereocenters. The summed E-state index contributed by atoms with van der Waals surface area (Å²) in [5, 5.41) is 10.5. The van der Waals surface area contributed by atoms with E-state index in [1.54, 1.807) is 0 Å². The molecule has 0 radical (unpaired) electrons. The van der Waals surface area contributed by atoms with E-state index in [9.17, 15) is 5.11 Å². The van der Waals surface area contributed by atoms with Gasteiger partial charge in [0, 0.05) is 24.3 Å². The third-order valence-corrected chi connectivity index (χ3v) is 4.03. The molecule has 0 saturated carbocycles. The molecule has 3 nitrogen and oxygen atoms in total. The van der Waals surface area contributed by atoms with Crippen LogP contribution in [-0.4, -0.2) is 29.3 Å². The smallest absolute Gasteiger partial charge is 0.105 e. The van der Waals surface area contributed by atoms with Gasteiger partial charge in [-0.2, -0.15) is 0 Å². The number of aliphatic hydroxyl groups excluding tert-OH is 1. The van der Waals surface area contributed by atoms with Crippen LogP contribution in [0.5, 0.6) is 0 Å². The zero-order valence-electron chi connectivity index (χ0n) is 10.3. The Kier molecular flexibility index (Phi) is 4.10. The number of anilines is 1. The maximum Gasteiger partial charge on any atom is 0.105 e. The number of nitrogens with two attached hydrogens (primary N) is 1. The van der Waals surface area contributed by atoms with Crippen molar-refractivity contribution in [2.45, 2.75) is 19.4 Å². The predicted molar refractivity (Wildman–Crippen MR) is 79.3 cm³/mol. The van der Waals surface area contributed by atoms with E-state index in [4.69, 9.17) is 29.6 Å². The van der Waals surface area contributed by atoms with Gasteiger partial charge in [0.2, 0.25) is 0 Å². The first-order valence-corrected chi connectivity index (χ1v) is 6.80. The van der Waals surface area contributed by atoms with E-state index in [2.05, 4.69) is 11.8 Å². The molecule has 1 fully saturated rings. The molecule has 1 aliphatic rings. The van der Waals surface area contributed by atoms with Crippen LogP contribution < -0.4 is 10.6 Å². The summed E-state index contributed by atoms with van der Waals surface area (Å²) in [4.78, 5) is 2.44. The lowest BCUT2D eigenvalue weighted by atomic mass is 9.95. The van der Waals surface area contributed by atoms with Crippen LogP contribution in [0.4, 0.5) is 5.69 Å². The molecule has 1 aromatic rings. The number of hydrogen-bond donors (Lipinski definition) is 2. The van der Waals surface area contributed by atoms with Gasteiger partial charge in [0.05, 0.1) is 11.1 Å². The summed E-state index contributed by atoms with van der Waals surface area (Å²) in [5.74, 6) is 0.354. The Morgan fingerprint density at radius 2 is 2.28 bits per heavy atom. The first kappa shape index (κ1) is 13.6. The lowest BCUT2D eigenvalue weighted by Crippen LogP contribution is -2.42. The highest BCUT2D eigenvalue weighted by atomic mass is 35.5. The van der Waals surface area contributed by atoms with Crippen LogP contribution in [0, 0.1) is 5.92 Å². The highest BCUT2D eigenvalue weighted by molar-refractivity contribution is 7.80. The zero-order chi connectivity index (χ0) is 13.3. The number of rotatable bonds is 2. The highest BCUT2D eigenvalue weighted by Gasteiger charge is 2.24. The Bertz CT molecular complexity index is 466. The van der Waals surface area contributed by atoms with Crippen LogP contribution in [0.15, 0.2) is 18.2 Å². The largest absolute Gasteiger partial charge is 0.391 e. The molecule has 1 aromatic carbocycles. The third-order valence-electron chi connectivity index (χ3n) is 3.50. The third kappa shape index (κ3) is 2.76. The van der Waals surface area contributed by atoms with E-state index in [0.29, 0.717) is 28.0 Å². The molecule has 98 valence electrons. The van der Waals surface area contributed by atoms with Gasteiger partial charge in [-0.25, -0.2) is 0 Å². The van der Waals surface area contributed by atoms with E-state index in [1.165, 1.54) is 0 Å². The number of nitrogens with zero attached hydrogens (tertiary/aromatic N) is 1. The average Bonchev–Trinajstić information content (AvgIpc) is 2.32. The second kappa shape index (κ2) is 5.43. The molecule has 0 aromatic heterocycles. The average molecular weight is 285 g/mol. The predicted octanol–water partition coefficient (Wildman–Crippen LogP) is 2.18. The fraction of sp³-hybridized carbons (Fsp3) is 0.462. The Labute approximate surface area is 118 Å². The Balaban J connectivity index is 2.19. The minimum atomic E-state index is -0.284. The lowest BCUT2D eigenvalue weighted by Gasteiger charge is -2.36. The number of β-amino-alcohol motifs (C(OH)–C–C–N with tert-alkyl or cyclic N) is 1. The van der Waals surface area contributed by atoms with Crippen molar-refractivity contribution in [2.24, 2.45) is 11.7 Å². The van der Waals surface area contributed by atoms with Crippen LogP contribution in [0.2, 0.25) is 5.02 Å². The van der Waals surface area contributed by atoms with Crippen molar-refractivity contribution in [2.75, 3.05) is 18.0 Å². The molecular weight excluding hydrogens is 268 g/mol. The zero-order valence-corrected chi connectivity index (χ0v) is 11.8. The monoisotopic (exact) mass is 284 g/mol. The maximum atomic E-state index is 9.91. The van der Waals surface area contributed by atoms with E-state index in [0.717, 1.165) is 18.7 Å². The number of benzene rings is 1. The maximum absolute atomic E-state index is 9.91. The van der Waals surface area contributed by atoms with Gasteiger partial charge in [-0.1, -0.05) is 30.7 Å². The summed E-state index contributed by atoms with van der Waals surface area (Å²) in [6, 6.07) is 5.65. The second-order valence-electron chi connectivity index (χ2n) is 4.81. The van der Waals surface area contributed by atoms with Crippen molar-refractivity contribution in [3.63, 3.8) is 0 Å². The van der Waals surface area contributed by atoms with Crippen molar-refractivity contribution >= 4 is 34.5 Å². The van der Waals surface area contributed by atoms with Gasteiger partial charge in [0.1, 0.15) is 4.99 Å². The molecule has 2 unspecified atom stereocenters. The Morgan fingerprint density at radius 1 is 1.56 bits per heavy atom. The van der Waals surface area contributed by atoms with Gasteiger partial charge >= 0.3 is 0 Å². The van der Waals surface area contributed by atoms with Gasteiger partial charge in [-0.3, -0.25) is 0 Å². The summed E-state index contributed by atoms with van der Waals surface area (Å²) in [7, 11) is 0. The summed E-state index contributed by atoms with van der Waals surface area (Å²) < 4.78 is 0. The minimum absolute atomic E-state index is 0.284. The molecule has 0 aliphatic carbocycles. The quantitative estimate of drug-likeness (QED) is 0.818. The van der Waals surface area contributed by atoms with Crippen LogP contribution in [-0.2, 0) is 0 Å². The summed E-state index contributed by atoms with van der Waals surface area (Å²) in [6.07, 6.45) is 0.698. The highest BCUT2D eigenvalue weighted by Crippen LogP contribution is 2.27. The van der Waals surface area contributed by atoms with Crippen LogP contribution in [0.1, 0.15) is 18.9 Å². The van der Waals surface area contributed by atoms with Crippen molar-refractivity contribution in [3.05, 3.63) is 28.8 Å². The lowest BCUT2D eigenvalue weighted by molar-refractivity contribution is 0.103. The number of piperidine rings is 1.